The number of anilines is 1. The number of carbonyl (C=O) groups excluding carboxylic acids is 1. The van der Waals surface area contributed by atoms with Crippen LogP contribution in [-0.2, 0) is 4.79 Å². The van der Waals surface area contributed by atoms with Crippen LogP contribution in [0.1, 0.15) is 19.3 Å². The average Bonchev–Trinajstić information content (AvgIpc) is 2.37. The molecule has 1 saturated heterocycles. The van der Waals surface area contributed by atoms with Crippen LogP contribution in [0.15, 0.2) is 22.8 Å². The van der Waals surface area contributed by atoms with Crippen LogP contribution in [0.3, 0.4) is 0 Å². The molecule has 17 heavy (non-hydrogen) atoms. The lowest BCUT2D eigenvalue weighted by Gasteiger charge is -2.26. The molecule has 0 atom stereocenters. The van der Waals surface area contributed by atoms with E-state index in [1.807, 2.05) is 23.1 Å². The van der Waals surface area contributed by atoms with Gasteiger partial charge in [-0.2, -0.15) is 0 Å². The number of aromatic nitrogens is 1. The molecular weight excluding hydrogens is 282 g/mol. The summed E-state index contributed by atoms with van der Waals surface area (Å²) in [6.07, 6.45) is 3.49. The Morgan fingerprint density at radius 3 is 2.82 bits per heavy atom. The van der Waals surface area contributed by atoms with E-state index in [0.717, 1.165) is 36.4 Å². The molecule has 1 fully saturated rings. The van der Waals surface area contributed by atoms with Crippen molar-refractivity contribution in [2.24, 2.45) is 0 Å². The van der Waals surface area contributed by atoms with Gasteiger partial charge in [-0.1, -0.05) is 6.07 Å². The third-order valence-electron chi connectivity index (χ3n) is 2.84. The normalized spacial score (nSPS) is 15.7. The summed E-state index contributed by atoms with van der Waals surface area (Å²) < 4.78 is 0.771. The summed E-state index contributed by atoms with van der Waals surface area (Å²) >= 11 is 3.30. The number of likely N-dealkylation sites (tertiary alicyclic amines) is 1. The van der Waals surface area contributed by atoms with Crippen LogP contribution in [0.25, 0.3) is 0 Å². The van der Waals surface area contributed by atoms with E-state index in [4.69, 9.17) is 0 Å². The smallest absolute Gasteiger partial charge is 0.241 e. The van der Waals surface area contributed by atoms with Gasteiger partial charge < -0.3 is 10.2 Å². The number of piperidine rings is 1. The van der Waals surface area contributed by atoms with Crippen molar-refractivity contribution >= 4 is 27.7 Å². The molecule has 2 heterocycles. The second kappa shape index (κ2) is 6.00. The van der Waals surface area contributed by atoms with Crippen molar-refractivity contribution in [1.29, 1.82) is 0 Å². The number of amides is 1. The molecule has 1 aliphatic heterocycles. The van der Waals surface area contributed by atoms with E-state index in [2.05, 4.69) is 26.2 Å². The van der Waals surface area contributed by atoms with Gasteiger partial charge in [-0.3, -0.25) is 4.79 Å². The Bertz CT molecular complexity index is 391. The minimum Gasteiger partial charge on any atom is -0.361 e. The number of carbonyl (C=O) groups is 1. The standard InChI is InChI=1S/C12H16BrN3O/c13-10-5-4-6-11(15-10)14-9-12(17)16-7-2-1-3-8-16/h4-6H,1-3,7-9H2,(H,14,15). The number of hydrogen-bond acceptors (Lipinski definition) is 3. The van der Waals surface area contributed by atoms with Gasteiger partial charge in [-0.05, 0) is 47.3 Å². The molecule has 0 bridgehead atoms. The zero-order valence-corrected chi connectivity index (χ0v) is 11.2. The Morgan fingerprint density at radius 1 is 1.35 bits per heavy atom. The number of nitrogens with zero attached hydrogens (tertiary/aromatic N) is 2. The zero-order valence-electron chi connectivity index (χ0n) is 9.66. The van der Waals surface area contributed by atoms with Crippen molar-refractivity contribution < 1.29 is 4.79 Å². The third-order valence-corrected chi connectivity index (χ3v) is 3.29. The first-order valence-corrected chi connectivity index (χ1v) is 6.69. The summed E-state index contributed by atoms with van der Waals surface area (Å²) in [5, 5.41) is 3.05. The highest BCUT2D eigenvalue weighted by molar-refractivity contribution is 9.10. The quantitative estimate of drug-likeness (QED) is 0.871. The molecule has 4 nitrogen and oxygen atoms in total. The summed E-state index contributed by atoms with van der Waals surface area (Å²) in [7, 11) is 0. The molecular formula is C12H16BrN3O. The molecule has 0 spiro atoms. The number of halogens is 1. The van der Waals surface area contributed by atoms with Crippen molar-refractivity contribution in [1.82, 2.24) is 9.88 Å². The topological polar surface area (TPSA) is 45.2 Å². The number of pyridine rings is 1. The molecule has 5 heteroatoms. The van der Waals surface area contributed by atoms with Crippen molar-refractivity contribution in [3.8, 4) is 0 Å². The second-order valence-electron chi connectivity index (χ2n) is 4.14. The highest BCUT2D eigenvalue weighted by atomic mass is 79.9. The number of rotatable bonds is 3. The van der Waals surface area contributed by atoms with Crippen LogP contribution >= 0.6 is 15.9 Å². The Balaban J connectivity index is 1.83. The maximum atomic E-state index is 11.9. The van der Waals surface area contributed by atoms with Crippen LogP contribution < -0.4 is 5.32 Å². The molecule has 1 aliphatic rings. The van der Waals surface area contributed by atoms with Gasteiger partial charge in [-0.15, -0.1) is 0 Å². The first-order chi connectivity index (χ1) is 8.25. The van der Waals surface area contributed by atoms with Crippen molar-refractivity contribution in [3.05, 3.63) is 22.8 Å². The Morgan fingerprint density at radius 2 is 2.12 bits per heavy atom. The van der Waals surface area contributed by atoms with E-state index in [-0.39, 0.29) is 5.91 Å². The van der Waals surface area contributed by atoms with Gasteiger partial charge in [0, 0.05) is 13.1 Å². The van der Waals surface area contributed by atoms with Crippen LogP contribution in [0, 0.1) is 0 Å². The van der Waals surface area contributed by atoms with Gasteiger partial charge in [0.25, 0.3) is 0 Å². The summed E-state index contributed by atoms with van der Waals surface area (Å²) in [5.74, 6) is 0.885. The predicted molar refractivity (Wildman–Crippen MR) is 70.9 cm³/mol. The maximum Gasteiger partial charge on any atom is 0.241 e. The van der Waals surface area contributed by atoms with E-state index in [1.165, 1.54) is 6.42 Å². The highest BCUT2D eigenvalue weighted by Crippen LogP contribution is 2.11. The number of hydrogen-bond donors (Lipinski definition) is 1. The highest BCUT2D eigenvalue weighted by Gasteiger charge is 2.15. The fourth-order valence-electron chi connectivity index (χ4n) is 1.93. The molecule has 0 radical (unpaired) electrons. The summed E-state index contributed by atoms with van der Waals surface area (Å²) in [4.78, 5) is 18.0. The summed E-state index contributed by atoms with van der Waals surface area (Å²) in [6, 6.07) is 5.61. The first kappa shape index (κ1) is 12.4. The summed E-state index contributed by atoms with van der Waals surface area (Å²) in [5.41, 5.74) is 0. The SMILES string of the molecule is O=C(CNc1cccc(Br)n1)N1CCCCC1. The first-order valence-electron chi connectivity index (χ1n) is 5.90. The fraction of sp³-hybridized carbons (Fsp3) is 0.500. The minimum atomic E-state index is 0.159. The molecule has 0 unspecified atom stereocenters. The molecule has 2 rings (SSSR count). The molecule has 0 aliphatic carbocycles. The number of nitrogens with one attached hydrogen (secondary N) is 1. The zero-order chi connectivity index (χ0) is 12.1. The minimum absolute atomic E-state index is 0.159. The Kier molecular flexibility index (Phi) is 4.36. The van der Waals surface area contributed by atoms with E-state index in [9.17, 15) is 4.79 Å². The second-order valence-corrected chi connectivity index (χ2v) is 4.95. The maximum absolute atomic E-state index is 11.9. The molecule has 1 N–H and O–H groups in total. The van der Waals surface area contributed by atoms with Crippen molar-refractivity contribution in [3.63, 3.8) is 0 Å². The van der Waals surface area contributed by atoms with Crippen LogP contribution in [0.2, 0.25) is 0 Å². The van der Waals surface area contributed by atoms with Crippen LogP contribution in [0.5, 0.6) is 0 Å². The van der Waals surface area contributed by atoms with Gasteiger partial charge in [-0.25, -0.2) is 4.98 Å². The van der Waals surface area contributed by atoms with Gasteiger partial charge in [0.2, 0.25) is 5.91 Å². The lowest BCUT2D eigenvalue weighted by atomic mass is 10.1. The molecule has 1 aromatic rings. The van der Waals surface area contributed by atoms with Crippen LogP contribution in [-0.4, -0.2) is 35.4 Å². The van der Waals surface area contributed by atoms with E-state index in [0.29, 0.717) is 6.54 Å². The lowest BCUT2D eigenvalue weighted by molar-refractivity contribution is -0.130. The van der Waals surface area contributed by atoms with E-state index in [1.54, 1.807) is 0 Å². The van der Waals surface area contributed by atoms with Crippen molar-refractivity contribution in [2.75, 3.05) is 25.0 Å². The lowest BCUT2D eigenvalue weighted by Crippen LogP contribution is -2.39. The average molecular weight is 298 g/mol. The largest absolute Gasteiger partial charge is 0.361 e. The summed E-state index contributed by atoms with van der Waals surface area (Å²) in [6.45, 7) is 2.11. The molecule has 1 aromatic heterocycles. The van der Waals surface area contributed by atoms with Crippen LogP contribution in [0.4, 0.5) is 5.82 Å². The molecule has 1 amide bonds. The predicted octanol–water partition coefficient (Wildman–Crippen LogP) is 2.27. The van der Waals surface area contributed by atoms with Crippen molar-refractivity contribution in [2.45, 2.75) is 19.3 Å². The third kappa shape index (κ3) is 3.70. The molecule has 0 aromatic carbocycles. The van der Waals surface area contributed by atoms with Gasteiger partial charge in [0.1, 0.15) is 10.4 Å². The van der Waals surface area contributed by atoms with E-state index >= 15 is 0 Å². The van der Waals surface area contributed by atoms with Gasteiger partial charge in [0.15, 0.2) is 0 Å². The Hall–Kier alpha value is -1.10. The molecule has 92 valence electrons. The van der Waals surface area contributed by atoms with E-state index < -0.39 is 0 Å². The Labute approximate surface area is 110 Å². The fourth-order valence-corrected chi connectivity index (χ4v) is 2.27. The monoisotopic (exact) mass is 297 g/mol. The molecule has 0 saturated carbocycles. The van der Waals surface area contributed by atoms with Gasteiger partial charge in [0.05, 0.1) is 6.54 Å². The van der Waals surface area contributed by atoms with Gasteiger partial charge >= 0.3 is 0 Å².